The molecular weight excluding hydrogens is 446 g/mol. The van der Waals surface area contributed by atoms with Gasteiger partial charge in [-0.1, -0.05) is 56.5 Å². The van der Waals surface area contributed by atoms with Crippen LogP contribution in [0.2, 0.25) is 0 Å². The van der Waals surface area contributed by atoms with E-state index < -0.39 is 0 Å². The molecule has 0 radical (unpaired) electrons. The molecule has 1 N–H and O–H groups in total. The number of H-pyrrole nitrogens is 1. The van der Waals surface area contributed by atoms with Crippen LogP contribution in [0.25, 0.3) is 0 Å². The molecule has 1 saturated carbocycles. The van der Waals surface area contributed by atoms with E-state index in [2.05, 4.69) is 56.9 Å². The van der Waals surface area contributed by atoms with Gasteiger partial charge in [-0.2, -0.15) is 0 Å². The second-order valence-electron chi connectivity index (χ2n) is 10.8. The summed E-state index contributed by atoms with van der Waals surface area (Å²) in [5, 5.41) is 0. The van der Waals surface area contributed by atoms with Crippen molar-refractivity contribution in [3.05, 3.63) is 65.9 Å². The standard InChI is InChI=1S/C30H43N5O/c1-24(16-20-34(2)28-8-4-3-5-9-28)10-15-29(36)26-13-11-25(12-14-26)21-35(22-27-7-6-17-31-27)23-30-32-18-19-33-30/h6,11-14,17-19,24,28H,3-5,7-10,15-16,20-23H2,1-2H3,(H,32,33). The zero-order valence-electron chi connectivity index (χ0n) is 22.2. The van der Waals surface area contributed by atoms with E-state index in [0.29, 0.717) is 12.3 Å². The molecule has 36 heavy (non-hydrogen) atoms. The van der Waals surface area contributed by atoms with Crippen molar-refractivity contribution in [2.24, 2.45) is 10.9 Å². The number of hydrogen-bond donors (Lipinski definition) is 1. The minimum atomic E-state index is 0.257. The van der Waals surface area contributed by atoms with Gasteiger partial charge in [0.25, 0.3) is 0 Å². The molecule has 2 heterocycles. The molecule has 0 saturated heterocycles. The third-order valence-electron chi connectivity index (χ3n) is 7.77. The van der Waals surface area contributed by atoms with E-state index in [4.69, 9.17) is 0 Å². The maximum absolute atomic E-state index is 12.9. The second-order valence-corrected chi connectivity index (χ2v) is 10.8. The second kappa shape index (κ2) is 13.7. The maximum Gasteiger partial charge on any atom is 0.162 e. The Morgan fingerprint density at radius 1 is 1.08 bits per heavy atom. The van der Waals surface area contributed by atoms with Gasteiger partial charge in [-0.3, -0.25) is 14.7 Å². The first-order valence-corrected chi connectivity index (χ1v) is 13.8. The van der Waals surface area contributed by atoms with Crippen LogP contribution < -0.4 is 0 Å². The molecule has 4 rings (SSSR count). The molecule has 194 valence electrons. The summed E-state index contributed by atoms with van der Waals surface area (Å²) in [6.07, 6.45) is 18.2. The molecular formula is C30H43N5O. The van der Waals surface area contributed by atoms with Crippen LogP contribution in [0.5, 0.6) is 0 Å². The van der Waals surface area contributed by atoms with Crippen molar-refractivity contribution in [3.8, 4) is 0 Å². The largest absolute Gasteiger partial charge is 0.348 e. The van der Waals surface area contributed by atoms with E-state index in [1.807, 2.05) is 24.5 Å². The van der Waals surface area contributed by atoms with E-state index in [-0.39, 0.29) is 5.78 Å². The number of allylic oxidation sites excluding steroid dienone is 1. The summed E-state index contributed by atoms with van der Waals surface area (Å²) in [5.74, 6) is 1.78. The average Bonchev–Trinajstić information content (AvgIpc) is 3.61. The molecule has 1 atom stereocenters. The Labute approximate surface area is 216 Å². The van der Waals surface area contributed by atoms with Crippen molar-refractivity contribution in [1.29, 1.82) is 0 Å². The fourth-order valence-corrected chi connectivity index (χ4v) is 5.38. The molecule has 1 aliphatic carbocycles. The van der Waals surface area contributed by atoms with Gasteiger partial charge < -0.3 is 9.88 Å². The minimum Gasteiger partial charge on any atom is -0.348 e. The number of aliphatic imine (C=N–C) groups is 1. The smallest absolute Gasteiger partial charge is 0.162 e. The van der Waals surface area contributed by atoms with Crippen LogP contribution in [0.1, 0.15) is 86.5 Å². The molecule has 0 amide bonds. The van der Waals surface area contributed by atoms with Gasteiger partial charge in [-0.15, -0.1) is 0 Å². The van der Waals surface area contributed by atoms with Gasteiger partial charge in [-0.05, 0) is 50.8 Å². The van der Waals surface area contributed by atoms with E-state index >= 15 is 0 Å². The molecule has 0 bridgehead atoms. The van der Waals surface area contributed by atoms with Crippen molar-refractivity contribution in [2.45, 2.75) is 83.8 Å². The van der Waals surface area contributed by atoms with Crippen LogP contribution in [0.4, 0.5) is 0 Å². The number of nitrogens with one attached hydrogen (secondary N) is 1. The molecule has 2 aromatic rings. The van der Waals surface area contributed by atoms with Crippen molar-refractivity contribution >= 4 is 11.5 Å². The number of aromatic nitrogens is 2. The quantitative estimate of drug-likeness (QED) is 0.329. The number of aromatic amines is 1. The van der Waals surface area contributed by atoms with Crippen LogP contribution in [-0.2, 0) is 13.1 Å². The minimum absolute atomic E-state index is 0.257. The molecule has 1 aromatic carbocycles. The van der Waals surface area contributed by atoms with Gasteiger partial charge in [0.1, 0.15) is 5.82 Å². The fraction of sp³-hybridized carbons (Fsp3) is 0.567. The van der Waals surface area contributed by atoms with Gasteiger partial charge in [0.15, 0.2) is 5.78 Å². The van der Waals surface area contributed by atoms with E-state index in [1.54, 1.807) is 6.20 Å². The van der Waals surface area contributed by atoms with Crippen LogP contribution in [0.15, 0.2) is 53.9 Å². The number of Topliss-reactive ketones (excluding diaryl/α,β-unsaturated/α-hetero) is 1. The number of benzene rings is 1. The SMILES string of the molecule is CC(CCC(=O)c1ccc(CN(CC2=NC=CC2)Cc2ncc[nH]2)cc1)CCN(C)C1CCCCC1. The summed E-state index contributed by atoms with van der Waals surface area (Å²) < 4.78 is 0. The zero-order chi connectivity index (χ0) is 25.2. The number of carbonyl (C=O) groups is 1. The fourth-order valence-electron chi connectivity index (χ4n) is 5.38. The summed E-state index contributed by atoms with van der Waals surface area (Å²) in [4.78, 5) is 29.8. The summed E-state index contributed by atoms with van der Waals surface area (Å²) in [7, 11) is 2.28. The molecule has 1 aliphatic heterocycles. The lowest BCUT2D eigenvalue weighted by molar-refractivity contribution is 0.0972. The highest BCUT2D eigenvalue weighted by Gasteiger charge is 2.19. The summed E-state index contributed by atoms with van der Waals surface area (Å²) in [6, 6.07) is 8.96. The topological polar surface area (TPSA) is 64.6 Å². The Hall–Kier alpha value is -2.57. The number of ketones is 1. The zero-order valence-corrected chi connectivity index (χ0v) is 22.2. The van der Waals surface area contributed by atoms with Crippen molar-refractivity contribution in [2.75, 3.05) is 20.1 Å². The predicted molar refractivity (Wildman–Crippen MR) is 147 cm³/mol. The van der Waals surface area contributed by atoms with E-state index in [9.17, 15) is 4.79 Å². The lowest BCUT2D eigenvalue weighted by Crippen LogP contribution is -2.34. The van der Waals surface area contributed by atoms with Gasteiger partial charge in [0.2, 0.25) is 0 Å². The van der Waals surface area contributed by atoms with Crippen LogP contribution in [-0.4, -0.2) is 57.4 Å². The number of nitrogens with zero attached hydrogens (tertiary/aromatic N) is 4. The first kappa shape index (κ1) is 26.5. The third-order valence-corrected chi connectivity index (χ3v) is 7.77. The Morgan fingerprint density at radius 3 is 2.58 bits per heavy atom. The normalized spacial score (nSPS) is 17.2. The summed E-state index contributed by atoms with van der Waals surface area (Å²) in [5.41, 5.74) is 3.20. The lowest BCUT2D eigenvalue weighted by atomic mass is 9.93. The van der Waals surface area contributed by atoms with Crippen LogP contribution in [0.3, 0.4) is 0 Å². The Balaban J connectivity index is 1.22. The molecule has 1 aromatic heterocycles. The molecule has 1 fully saturated rings. The van der Waals surface area contributed by atoms with Crippen LogP contribution >= 0.6 is 0 Å². The highest BCUT2D eigenvalue weighted by atomic mass is 16.1. The average molecular weight is 490 g/mol. The molecule has 6 heteroatoms. The number of imidazole rings is 1. The van der Waals surface area contributed by atoms with Crippen molar-refractivity contribution < 1.29 is 4.79 Å². The predicted octanol–water partition coefficient (Wildman–Crippen LogP) is 6.02. The van der Waals surface area contributed by atoms with Crippen molar-refractivity contribution in [1.82, 2.24) is 19.8 Å². The van der Waals surface area contributed by atoms with Gasteiger partial charge in [0, 0.05) is 61.8 Å². The number of rotatable bonds is 14. The summed E-state index contributed by atoms with van der Waals surface area (Å²) >= 11 is 0. The first-order chi connectivity index (χ1) is 17.6. The lowest BCUT2D eigenvalue weighted by Gasteiger charge is -2.31. The number of carbonyl (C=O) groups excluding carboxylic acids is 1. The molecule has 2 aliphatic rings. The molecule has 0 spiro atoms. The Kier molecular flexibility index (Phi) is 10.1. The van der Waals surface area contributed by atoms with E-state index in [0.717, 1.165) is 56.5 Å². The first-order valence-electron chi connectivity index (χ1n) is 13.8. The van der Waals surface area contributed by atoms with Gasteiger partial charge >= 0.3 is 0 Å². The van der Waals surface area contributed by atoms with Gasteiger partial charge in [-0.25, -0.2) is 4.98 Å². The molecule has 6 nitrogen and oxygen atoms in total. The third kappa shape index (κ3) is 8.24. The monoisotopic (exact) mass is 489 g/mol. The highest BCUT2D eigenvalue weighted by molar-refractivity contribution is 5.96. The van der Waals surface area contributed by atoms with Gasteiger partial charge in [0.05, 0.1) is 6.54 Å². The highest BCUT2D eigenvalue weighted by Crippen LogP contribution is 2.23. The Morgan fingerprint density at radius 2 is 1.89 bits per heavy atom. The molecule has 1 unspecified atom stereocenters. The van der Waals surface area contributed by atoms with E-state index in [1.165, 1.54) is 49.8 Å². The van der Waals surface area contributed by atoms with Crippen LogP contribution in [0, 0.1) is 5.92 Å². The number of hydrogen-bond acceptors (Lipinski definition) is 5. The maximum atomic E-state index is 12.9. The van der Waals surface area contributed by atoms with Crippen molar-refractivity contribution in [3.63, 3.8) is 0 Å². The Bertz CT molecular complexity index is 989. The summed E-state index contributed by atoms with van der Waals surface area (Å²) in [6.45, 7) is 5.77.